The molecule has 0 unspecified atom stereocenters. The van der Waals surface area contributed by atoms with Crippen LogP contribution >= 0.6 is 0 Å². The van der Waals surface area contributed by atoms with Crippen LogP contribution in [0.4, 0.5) is 0 Å². The standard InChI is InChI=1S/C13H25N3O/c1-4-6-8-17-9-7-14-11-13-10-12(5-2)15-16(13)3/h10,14H,4-9,11H2,1-3H3. The Hall–Kier alpha value is -0.870. The van der Waals surface area contributed by atoms with Gasteiger partial charge in [-0.05, 0) is 18.9 Å². The van der Waals surface area contributed by atoms with E-state index in [1.165, 1.54) is 12.1 Å². The summed E-state index contributed by atoms with van der Waals surface area (Å²) in [5, 5.41) is 7.78. The molecule has 0 aliphatic carbocycles. The SMILES string of the molecule is CCCCOCCNCc1cc(CC)nn1C. The summed E-state index contributed by atoms with van der Waals surface area (Å²) in [5.74, 6) is 0. The third kappa shape index (κ3) is 5.33. The Labute approximate surface area is 104 Å². The van der Waals surface area contributed by atoms with Crippen molar-refractivity contribution in [2.45, 2.75) is 39.7 Å². The van der Waals surface area contributed by atoms with Gasteiger partial charge in [0.25, 0.3) is 0 Å². The van der Waals surface area contributed by atoms with Gasteiger partial charge < -0.3 is 10.1 Å². The van der Waals surface area contributed by atoms with Crippen LogP contribution in [0, 0.1) is 0 Å². The molecule has 1 heterocycles. The minimum atomic E-state index is 0.790. The maximum atomic E-state index is 5.48. The van der Waals surface area contributed by atoms with Crippen molar-refractivity contribution >= 4 is 0 Å². The summed E-state index contributed by atoms with van der Waals surface area (Å²) < 4.78 is 7.43. The fraction of sp³-hybridized carbons (Fsp3) is 0.769. The molecule has 1 N–H and O–H groups in total. The van der Waals surface area contributed by atoms with Crippen molar-refractivity contribution in [2.24, 2.45) is 7.05 Å². The first kappa shape index (κ1) is 14.2. The van der Waals surface area contributed by atoms with Gasteiger partial charge in [-0.15, -0.1) is 0 Å². The summed E-state index contributed by atoms with van der Waals surface area (Å²) in [6.07, 6.45) is 3.35. The van der Waals surface area contributed by atoms with Gasteiger partial charge in [-0.1, -0.05) is 20.3 Å². The minimum absolute atomic E-state index is 0.790. The second kappa shape index (κ2) is 8.25. The summed E-state index contributed by atoms with van der Waals surface area (Å²) in [7, 11) is 1.99. The quantitative estimate of drug-likeness (QED) is 0.669. The third-order valence-electron chi connectivity index (χ3n) is 2.76. The van der Waals surface area contributed by atoms with Crippen LogP contribution in [0.1, 0.15) is 38.1 Å². The highest BCUT2D eigenvalue weighted by atomic mass is 16.5. The molecule has 0 fully saturated rings. The smallest absolute Gasteiger partial charge is 0.0625 e. The lowest BCUT2D eigenvalue weighted by Gasteiger charge is -2.05. The molecule has 0 bridgehead atoms. The minimum Gasteiger partial charge on any atom is -0.380 e. The molecule has 1 aromatic rings. The molecule has 0 atom stereocenters. The molecule has 98 valence electrons. The highest BCUT2D eigenvalue weighted by Gasteiger charge is 2.02. The molecular weight excluding hydrogens is 214 g/mol. The molecule has 1 aromatic heterocycles. The molecule has 0 saturated heterocycles. The lowest BCUT2D eigenvalue weighted by Crippen LogP contribution is -2.20. The van der Waals surface area contributed by atoms with E-state index in [9.17, 15) is 0 Å². The predicted octanol–water partition coefficient (Wildman–Crippen LogP) is 1.89. The van der Waals surface area contributed by atoms with E-state index in [4.69, 9.17) is 4.74 Å². The zero-order valence-electron chi connectivity index (χ0n) is 11.3. The van der Waals surface area contributed by atoms with E-state index >= 15 is 0 Å². The van der Waals surface area contributed by atoms with Gasteiger partial charge in [0.2, 0.25) is 0 Å². The van der Waals surface area contributed by atoms with Crippen molar-refractivity contribution in [1.82, 2.24) is 15.1 Å². The van der Waals surface area contributed by atoms with Gasteiger partial charge in [0.1, 0.15) is 0 Å². The molecule has 1 rings (SSSR count). The van der Waals surface area contributed by atoms with Crippen LogP contribution in [0.2, 0.25) is 0 Å². The van der Waals surface area contributed by atoms with Crippen molar-refractivity contribution in [1.29, 1.82) is 0 Å². The largest absolute Gasteiger partial charge is 0.380 e. The van der Waals surface area contributed by atoms with Gasteiger partial charge in [0.05, 0.1) is 18.0 Å². The average molecular weight is 239 g/mol. The Balaban J connectivity index is 2.11. The van der Waals surface area contributed by atoms with Crippen molar-refractivity contribution in [3.63, 3.8) is 0 Å². The molecule has 0 aliphatic heterocycles. The number of hydrogen-bond acceptors (Lipinski definition) is 3. The van der Waals surface area contributed by atoms with Crippen molar-refractivity contribution in [3.05, 3.63) is 17.5 Å². The van der Waals surface area contributed by atoms with E-state index in [0.29, 0.717) is 0 Å². The van der Waals surface area contributed by atoms with E-state index in [0.717, 1.165) is 44.8 Å². The highest BCUT2D eigenvalue weighted by molar-refractivity contribution is 5.09. The molecule has 17 heavy (non-hydrogen) atoms. The molecule has 0 aliphatic rings. The number of aromatic nitrogens is 2. The Kier molecular flexibility index (Phi) is 6.89. The number of rotatable bonds is 9. The topological polar surface area (TPSA) is 39.1 Å². The number of unbranched alkanes of at least 4 members (excludes halogenated alkanes) is 1. The van der Waals surface area contributed by atoms with Crippen LogP contribution in [0.3, 0.4) is 0 Å². The van der Waals surface area contributed by atoms with Crippen LogP contribution in [-0.4, -0.2) is 29.5 Å². The summed E-state index contributed by atoms with van der Waals surface area (Å²) >= 11 is 0. The highest BCUT2D eigenvalue weighted by Crippen LogP contribution is 2.02. The Morgan fingerprint density at radius 3 is 2.82 bits per heavy atom. The molecule has 0 aromatic carbocycles. The lowest BCUT2D eigenvalue weighted by molar-refractivity contribution is 0.132. The van der Waals surface area contributed by atoms with Crippen molar-refractivity contribution < 1.29 is 4.74 Å². The van der Waals surface area contributed by atoms with Crippen molar-refractivity contribution in [2.75, 3.05) is 19.8 Å². The van der Waals surface area contributed by atoms with Gasteiger partial charge >= 0.3 is 0 Å². The molecule has 0 saturated carbocycles. The van der Waals surface area contributed by atoms with E-state index < -0.39 is 0 Å². The number of nitrogens with one attached hydrogen (secondary N) is 1. The third-order valence-corrected chi connectivity index (χ3v) is 2.76. The molecule has 0 amide bonds. The van der Waals surface area contributed by atoms with Crippen LogP contribution < -0.4 is 5.32 Å². The normalized spacial score (nSPS) is 11.0. The van der Waals surface area contributed by atoms with Gasteiger partial charge in [0, 0.05) is 26.7 Å². The van der Waals surface area contributed by atoms with E-state index in [1.54, 1.807) is 0 Å². The van der Waals surface area contributed by atoms with Gasteiger partial charge in [-0.25, -0.2) is 0 Å². The monoisotopic (exact) mass is 239 g/mol. The zero-order chi connectivity index (χ0) is 12.5. The van der Waals surface area contributed by atoms with Gasteiger partial charge in [-0.2, -0.15) is 5.10 Å². The fourth-order valence-corrected chi connectivity index (χ4v) is 1.62. The number of aryl methyl sites for hydroxylation is 2. The van der Waals surface area contributed by atoms with Crippen LogP contribution in [0.25, 0.3) is 0 Å². The second-order valence-electron chi connectivity index (χ2n) is 4.25. The molecule has 4 nitrogen and oxygen atoms in total. The molecule has 0 radical (unpaired) electrons. The molecule has 0 spiro atoms. The molecule has 4 heteroatoms. The summed E-state index contributed by atoms with van der Waals surface area (Å²) in [5.41, 5.74) is 2.39. The number of nitrogens with zero attached hydrogens (tertiary/aromatic N) is 2. The van der Waals surface area contributed by atoms with E-state index in [1.807, 2.05) is 11.7 Å². The van der Waals surface area contributed by atoms with E-state index in [2.05, 4.69) is 30.3 Å². The number of ether oxygens (including phenoxy) is 1. The van der Waals surface area contributed by atoms with E-state index in [-0.39, 0.29) is 0 Å². The van der Waals surface area contributed by atoms with Gasteiger partial charge in [-0.3, -0.25) is 4.68 Å². The Morgan fingerprint density at radius 2 is 2.18 bits per heavy atom. The number of hydrogen-bond donors (Lipinski definition) is 1. The van der Waals surface area contributed by atoms with Gasteiger partial charge in [0.15, 0.2) is 0 Å². The maximum Gasteiger partial charge on any atom is 0.0625 e. The summed E-state index contributed by atoms with van der Waals surface area (Å²) in [6, 6.07) is 2.16. The lowest BCUT2D eigenvalue weighted by atomic mass is 10.3. The predicted molar refractivity (Wildman–Crippen MR) is 70.0 cm³/mol. The zero-order valence-corrected chi connectivity index (χ0v) is 11.3. The first-order valence-corrected chi connectivity index (χ1v) is 6.58. The second-order valence-corrected chi connectivity index (χ2v) is 4.25. The first-order chi connectivity index (χ1) is 8.27. The Morgan fingerprint density at radius 1 is 1.35 bits per heavy atom. The van der Waals surface area contributed by atoms with Crippen LogP contribution in [0.5, 0.6) is 0 Å². The van der Waals surface area contributed by atoms with Crippen LogP contribution in [0.15, 0.2) is 6.07 Å². The first-order valence-electron chi connectivity index (χ1n) is 6.58. The summed E-state index contributed by atoms with van der Waals surface area (Å²) in [4.78, 5) is 0. The van der Waals surface area contributed by atoms with Crippen molar-refractivity contribution in [3.8, 4) is 0 Å². The summed E-state index contributed by atoms with van der Waals surface area (Å²) in [6.45, 7) is 7.73. The average Bonchev–Trinajstić information content (AvgIpc) is 2.69. The maximum absolute atomic E-state index is 5.48. The van der Waals surface area contributed by atoms with Crippen LogP contribution in [-0.2, 0) is 24.8 Å². The fourth-order valence-electron chi connectivity index (χ4n) is 1.62. The molecular formula is C13H25N3O. The Bertz CT molecular complexity index is 310.